The second-order valence-electron chi connectivity index (χ2n) is 8.30. The number of benzene rings is 3. The quantitative estimate of drug-likeness (QED) is 0.608. The van der Waals surface area contributed by atoms with Crippen LogP contribution in [0.1, 0.15) is 46.6 Å². The number of rotatable bonds is 2. The monoisotopic (exact) mass is 379 g/mol. The van der Waals surface area contributed by atoms with E-state index in [9.17, 15) is 9.59 Å². The third-order valence-corrected chi connectivity index (χ3v) is 7.03. The van der Waals surface area contributed by atoms with Crippen LogP contribution in [0.3, 0.4) is 0 Å². The maximum absolute atomic E-state index is 13.6. The van der Waals surface area contributed by atoms with E-state index in [2.05, 4.69) is 37.3 Å². The van der Waals surface area contributed by atoms with Gasteiger partial charge in [-0.15, -0.1) is 0 Å². The minimum absolute atomic E-state index is 0.0483. The first-order valence-corrected chi connectivity index (χ1v) is 10.3. The number of imide groups is 1. The highest BCUT2D eigenvalue weighted by Crippen LogP contribution is 2.61. The lowest BCUT2D eigenvalue weighted by Gasteiger charge is -2.46. The van der Waals surface area contributed by atoms with Crippen molar-refractivity contribution in [2.75, 3.05) is 4.90 Å². The third-order valence-electron chi connectivity index (χ3n) is 7.03. The van der Waals surface area contributed by atoms with Gasteiger partial charge in [-0.3, -0.25) is 9.59 Å². The van der Waals surface area contributed by atoms with Crippen LogP contribution in [0.15, 0.2) is 72.8 Å². The SMILES string of the molecule is CCc1ccc2c(c1)[C@@H]1c3ccccc3[C@@H]2[C@@H]2C(=O)N(c3ccccc3)C(=O)[C@H]12. The van der Waals surface area contributed by atoms with Crippen LogP contribution < -0.4 is 4.90 Å². The van der Waals surface area contributed by atoms with E-state index in [-0.39, 0.29) is 35.5 Å². The van der Waals surface area contributed by atoms with E-state index in [1.165, 1.54) is 32.7 Å². The summed E-state index contributed by atoms with van der Waals surface area (Å²) < 4.78 is 0. The summed E-state index contributed by atoms with van der Waals surface area (Å²) in [5.41, 5.74) is 6.86. The number of carbonyl (C=O) groups is 2. The predicted octanol–water partition coefficient (Wildman–Crippen LogP) is 4.65. The zero-order valence-electron chi connectivity index (χ0n) is 16.2. The second kappa shape index (κ2) is 5.90. The molecule has 3 heteroatoms. The van der Waals surface area contributed by atoms with Crippen molar-refractivity contribution in [3.05, 3.63) is 101 Å². The van der Waals surface area contributed by atoms with Crippen molar-refractivity contribution in [3.63, 3.8) is 0 Å². The minimum Gasteiger partial charge on any atom is -0.274 e. The number of hydrogen-bond acceptors (Lipinski definition) is 2. The molecule has 7 rings (SSSR count). The van der Waals surface area contributed by atoms with E-state index in [1.54, 1.807) is 0 Å². The largest absolute Gasteiger partial charge is 0.274 e. The van der Waals surface area contributed by atoms with Crippen molar-refractivity contribution in [2.24, 2.45) is 11.8 Å². The highest BCUT2D eigenvalue weighted by Gasteiger charge is 2.61. The molecule has 4 aliphatic rings. The fourth-order valence-electron chi connectivity index (χ4n) is 5.83. The highest BCUT2D eigenvalue weighted by molar-refractivity contribution is 6.23. The van der Waals surface area contributed by atoms with Gasteiger partial charge in [0.2, 0.25) is 11.8 Å². The zero-order valence-corrected chi connectivity index (χ0v) is 16.2. The van der Waals surface area contributed by atoms with E-state index >= 15 is 0 Å². The number of amides is 2. The van der Waals surface area contributed by atoms with Crippen molar-refractivity contribution in [2.45, 2.75) is 25.2 Å². The van der Waals surface area contributed by atoms with Gasteiger partial charge in [0.15, 0.2) is 0 Å². The van der Waals surface area contributed by atoms with Gasteiger partial charge in [0.1, 0.15) is 0 Å². The summed E-state index contributed by atoms with van der Waals surface area (Å²) in [6, 6.07) is 24.4. The molecule has 3 aromatic rings. The van der Waals surface area contributed by atoms with Crippen molar-refractivity contribution >= 4 is 17.5 Å². The van der Waals surface area contributed by atoms with Gasteiger partial charge in [-0.2, -0.15) is 0 Å². The Balaban J connectivity index is 1.59. The van der Waals surface area contributed by atoms with Crippen LogP contribution >= 0.6 is 0 Å². The van der Waals surface area contributed by atoms with E-state index in [0.717, 1.165) is 6.42 Å². The van der Waals surface area contributed by atoms with Gasteiger partial charge < -0.3 is 0 Å². The first-order valence-electron chi connectivity index (χ1n) is 10.3. The van der Waals surface area contributed by atoms with E-state index in [1.807, 2.05) is 42.5 Å². The average Bonchev–Trinajstić information content (AvgIpc) is 3.04. The Kier molecular flexibility index (Phi) is 3.40. The van der Waals surface area contributed by atoms with Crippen LogP contribution in [0.25, 0.3) is 0 Å². The van der Waals surface area contributed by atoms with Crippen LogP contribution in [-0.4, -0.2) is 11.8 Å². The van der Waals surface area contributed by atoms with Crippen molar-refractivity contribution < 1.29 is 9.59 Å². The molecule has 2 amide bonds. The lowest BCUT2D eigenvalue weighted by molar-refractivity contribution is -0.122. The summed E-state index contributed by atoms with van der Waals surface area (Å²) >= 11 is 0. The molecule has 0 saturated carbocycles. The summed E-state index contributed by atoms with van der Waals surface area (Å²) in [6.45, 7) is 2.15. The molecule has 1 heterocycles. The normalized spacial score (nSPS) is 26.3. The van der Waals surface area contributed by atoms with Gasteiger partial charge in [0.25, 0.3) is 0 Å². The molecule has 142 valence electrons. The number of anilines is 1. The molecule has 0 unspecified atom stereocenters. The molecule has 0 radical (unpaired) electrons. The number of nitrogens with zero attached hydrogens (tertiary/aromatic N) is 1. The fourth-order valence-corrected chi connectivity index (χ4v) is 5.83. The Bertz CT molecular complexity index is 1170. The fraction of sp³-hybridized carbons (Fsp3) is 0.231. The lowest BCUT2D eigenvalue weighted by Crippen LogP contribution is -2.41. The standard InChI is InChI=1S/C26H21NO2/c1-2-15-12-13-19-20(14-15)22-18-11-7-6-10-17(18)21(19)23-24(22)26(29)27(25(23)28)16-8-4-3-5-9-16/h3-14,21-24H,2H2,1H3/t21-,22-,23-,24+/m0/s1. The van der Waals surface area contributed by atoms with Gasteiger partial charge in [-0.1, -0.05) is 67.6 Å². The van der Waals surface area contributed by atoms with E-state index < -0.39 is 0 Å². The third kappa shape index (κ3) is 2.08. The van der Waals surface area contributed by atoms with Crippen LogP contribution in [0.5, 0.6) is 0 Å². The smallest absolute Gasteiger partial charge is 0.238 e. The first-order chi connectivity index (χ1) is 14.2. The topological polar surface area (TPSA) is 37.4 Å². The molecular weight excluding hydrogens is 358 g/mol. The van der Waals surface area contributed by atoms with Crippen LogP contribution in [0, 0.1) is 11.8 Å². The van der Waals surface area contributed by atoms with Gasteiger partial charge in [-0.05, 0) is 46.4 Å². The maximum Gasteiger partial charge on any atom is 0.238 e. The van der Waals surface area contributed by atoms with Crippen LogP contribution in [0.4, 0.5) is 5.69 Å². The molecule has 0 aromatic heterocycles. The summed E-state index contributed by atoms with van der Waals surface area (Å²) in [7, 11) is 0. The molecule has 3 nitrogen and oxygen atoms in total. The molecule has 1 fully saturated rings. The van der Waals surface area contributed by atoms with Gasteiger partial charge in [0.05, 0.1) is 17.5 Å². The maximum atomic E-state index is 13.6. The Morgan fingerprint density at radius 1 is 0.690 bits per heavy atom. The van der Waals surface area contributed by atoms with Crippen molar-refractivity contribution in [1.29, 1.82) is 0 Å². The van der Waals surface area contributed by atoms with Crippen molar-refractivity contribution in [3.8, 4) is 0 Å². The van der Waals surface area contributed by atoms with Gasteiger partial charge >= 0.3 is 0 Å². The van der Waals surface area contributed by atoms with Crippen LogP contribution in [-0.2, 0) is 16.0 Å². The molecule has 0 spiro atoms. The number of para-hydroxylation sites is 1. The molecule has 29 heavy (non-hydrogen) atoms. The first kappa shape index (κ1) is 16.7. The molecule has 2 bridgehead atoms. The minimum atomic E-state index is -0.317. The van der Waals surface area contributed by atoms with Crippen LogP contribution in [0.2, 0.25) is 0 Å². The van der Waals surface area contributed by atoms with E-state index in [4.69, 9.17) is 0 Å². The summed E-state index contributed by atoms with van der Waals surface area (Å²) in [6.07, 6.45) is 0.962. The summed E-state index contributed by atoms with van der Waals surface area (Å²) in [5.74, 6) is -0.839. The number of carbonyl (C=O) groups excluding carboxylic acids is 2. The highest BCUT2D eigenvalue weighted by atomic mass is 16.2. The lowest BCUT2D eigenvalue weighted by atomic mass is 9.55. The second-order valence-corrected chi connectivity index (χ2v) is 8.30. The predicted molar refractivity (Wildman–Crippen MR) is 112 cm³/mol. The zero-order chi connectivity index (χ0) is 19.7. The molecule has 0 N–H and O–H groups in total. The molecule has 3 aliphatic carbocycles. The summed E-state index contributed by atoms with van der Waals surface area (Å²) in [5, 5.41) is 0. The number of hydrogen-bond donors (Lipinski definition) is 0. The Morgan fingerprint density at radius 2 is 1.24 bits per heavy atom. The van der Waals surface area contributed by atoms with Gasteiger partial charge in [0, 0.05) is 11.8 Å². The van der Waals surface area contributed by atoms with E-state index in [0.29, 0.717) is 5.69 Å². The molecular formula is C26H21NO2. The molecule has 4 atom stereocenters. The average molecular weight is 379 g/mol. The Morgan fingerprint density at radius 3 is 1.86 bits per heavy atom. The molecule has 1 saturated heterocycles. The Labute approximate surface area is 170 Å². The molecule has 3 aromatic carbocycles. The number of aryl methyl sites for hydroxylation is 1. The summed E-state index contributed by atoms with van der Waals surface area (Å²) in [4.78, 5) is 28.6. The molecule has 1 aliphatic heterocycles. The van der Waals surface area contributed by atoms with Crippen molar-refractivity contribution in [1.82, 2.24) is 0 Å². The van der Waals surface area contributed by atoms with Gasteiger partial charge in [-0.25, -0.2) is 4.90 Å². The Hall–Kier alpha value is -3.20.